The normalized spacial score (nSPS) is 26.7. The van der Waals surface area contributed by atoms with Crippen molar-refractivity contribution in [2.45, 2.75) is 31.0 Å². The first-order valence-corrected chi connectivity index (χ1v) is 9.67. The number of esters is 1. The Bertz CT molecular complexity index is 967. The first-order chi connectivity index (χ1) is 12.7. The molecule has 0 spiro atoms. The number of nitrogens with one attached hydrogen (secondary N) is 1. The van der Waals surface area contributed by atoms with Gasteiger partial charge in [0.25, 0.3) is 0 Å². The summed E-state index contributed by atoms with van der Waals surface area (Å²) in [4.78, 5) is 13.0. The Morgan fingerprint density at radius 1 is 1.12 bits per heavy atom. The van der Waals surface area contributed by atoms with Crippen molar-refractivity contribution in [1.29, 1.82) is 0 Å². The molecule has 0 aromatic heterocycles. The molecule has 1 saturated carbocycles. The highest BCUT2D eigenvalue weighted by molar-refractivity contribution is 9.10. The van der Waals surface area contributed by atoms with E-state index in [1.54, 1.807) is 0 Å². The lowest BCUT2D eigenvalue weighted by atomic mass is 9.95. The van der Waals surface area contributed by atoms with Crippen LogP contribution in [0.1, 0.15) is 30.4 Å². The van der Waals surface area contributed by atoms with Crippen molar-refractivity contribution in [3.05, 3.63) is 81.8 Å². The van der Waals surface area contributed by atoms with E-state index in [1.807, 2.05) is 59.3 Å². The van der Waals surface area contributed by atoms with E-state index in [0.29, 0.717) is 5.71 Å². The molecule has 0 saturated heterocycles. The molecule has 2 atom stereocenters. The molecule has 0 radical (unpaired) electrons. The van der Waals surface area contributed by atoms with E-state index in [9.17, 15) is 4.79 Å². The Morgan fingerprint density at radius 2 is 1.88 bits per heavy atom. The van der Waals surface area contributed by atoms with Crippen LogP contribution in [-0.2, 0) is 15.3 Å². The summed E-state index contributed by atoms with van der Waals surface area (Å²) in [5, 5.41) is 0. The Kier molecular flexibility index (Phi) is 3.54. The summed E-state index contributed by atoms with van der Waals surface area (Å²) < 4.78 is 8.87. The van der Waals surface area contributed by atoms with Gasteiger partial charge < -0.3 is 4.74 Å². The molecule has 0 amide bonds. The Morgan fingerprint density at radius 3 is 2.69 bits per heavy atom. The number of halogens is 1. The predicted molar refractivity (Wildman–Crippen MR) is 102 cm³/mol. The zero-order chi connectivity index (χ0) is 17.7. The minimum Gasteiger partial charge on any atom is -0.382 e. The van der Waals surface area contributed by atoms with E-state index in [-0.39, 0.29) is 12.0 Å². The van der Waals surface area contributed by atoms with Gasteiger partial charge in [-0.2, -0.15) is 5.43 Å². The molecule has 2 aromatic rings. The number of nitrogens with zero attached hydrogens (tertiary/aromatic N) is 1. The van der Waals surface area contributed by atoms with Crippen molar-refractivity contribution in [2.24, 2.45) is 0 Å². The van der Waals surface area contributed by atoms with Crippen LogP contribution in [0.3, 0.4) is 0 Å². The number of carbonyl (C=O) groups is 1. The lowest BCUT2D eigenvalue weighted by molar-refractivity contribution is -0.692. The number of fused-ring (bicyclic) bond motifs is 2. The van der Waals surface area contributed by atoms with Gasteiger partial charge in [-0.15, -0.1) is 0 Å². The second kappa shape index (κ2) is 5.81. The third-order valence-electron chi connectivity index (χ3n) is 5.39. The number of benzene rings is 2. The minimum absolute atomic E-state index is 0.263. The van der Waals surface area contributed by atoms with Gasteiger partial charge in [0.1, 0.15) is 6.04 Å². The number of carbonyl (C=O) groups excluding carboxylic acids is 1. The molecule has 1 fully saturated rings. The van der Waals surface area contributed by atoms with Crippen LogP contribution >= 0.6 is 15.9 Å². The fraction of sp³-hybridized carbons (Fsp3) is 0.238. The Balaban J connectivity index is 1.79. The SMILES string of the molecule is O=C1O[C@@]2(c3ccccc3)C=C3CCC[C@H]3N[N+]2=C1c1ccccc1Br. The lowest BCUT2D eigenvalue weighted by Gasteiger charge is -2.29. The van der Waals surface area contributed by atoms with E-state index in [0.717, 1.165) is 34.9 Å². The maximum Gasteiger partial charge on any atom is 0.412 e. The van der Waals surface area contributed by atoms with Gasteiger partial charge in [0.2, 0.25) is 0 Å². The molecule has 4 nitrogen and oxygen atoms in total. The van der Waals surface area contributed by atoms with Gasteiger partial charge in [-0.1, -0.05) is 35.0 Å². The summed E-state index contributed by atoms with van der Waals surface area (Å²) in [6.45, 7) is 0. The van der Waals surface area contributed by atoms with Crippen LogP contribution in [0.4, 0.5) is 0 Å². The topological polar surface area (TPSA) is 41.3 Å². The molecular weight excluding hydrogens is 392 g/mol. The zero-order valence-electron chi connectivity index (χ0n) is 14.1. The van der Waals surface area contributed by atoms with E-state index in [1.165, 1.54) is 5.57 Å². The second-order valence-corrected chi connectivity index (χ2v) is 7.76. The first kappa shape index (κ1) is 15.8. The van der Waals surface area contributed by atoms with Gasteiger partial charge in [-0.3, -0.25) is 0 Å². The van der Waals surface area contributed by atoms with Gasteiger partial charge in [0, 0.05) is 10.5 Å². The van der Waals surface area contributed by atoms with Crippen molar-refractivity contribution < 1.29 is 14.2 Å². The molecule has 0 bridgehead atoms. The van der Waals surface area contributed by atoms with Crippen LogP contribution < -0.4 is 5.43 Å². The monoisotopic (exact) mass is 409 g/mol. The van der Waals surface area contributed by atoms with E-state index < -0.39 is 5.72 Å². The van der Waals surface area contributed by atoms with Crippen molar-refractivity contribution >= 4 is 27.6 Å². The van der Waals surface area contributed by atoms with E-state index >= 15 is 0 Å². The van der Waals surface area contributed by atoms with Crippen molar-refractivity contribution in [1.82, 2.24) is 5.43 Å². The van der Waals surface area contributed by atoms with Gasteiger partial charge >= 0.3 is 17.4 Å². The summed E-state index contributed by atoms with van der Waals surface area (Å²) in [5.41, 5.74) is 6.30. The number of hydrogen-bond acceptors (Lipinski definition) is 3. The van der Waals surface area contributed by atoms with Crippen molar-refractivity contribution in [3.63, 3.8) is 0 Å². The summed E-state index contributed by atoms with van der Waals surface area (Å²) in [5.74, 6) is -0.315. The van der Waals surface area contributed by atoms with Crippen LogP contribution in [0, 0.1) is 0 Å². The molecule has 0 unspecified atom stereocenters. The molecule has 2 aliphatic heterocycles. The molecule has 2 heterocycles. The molecule has 5 rings (SSSR count). The van der Waals surface area contributed by atoms with E-state index in [2.05, 4.69) is 27.4 Å². The number of ether oxygens (including phenoxy) is 1. The number of hydrazone groups is 1. The fourth-order valence-corrected chi connectivity index (χ4v) is 4.65. The van der Waals surface area contributed by atoms with Crippen LogP contribution in [0.2, 0.25) is 0 Å². The highest BCUT2D eigenvalue weighted by atomic mass is 79.9. The van der Waals surface area contributed by atoms with Crippen LogP contribution in [0.5, 0.6) is 0 Å². The molecular formula is C21H18BrN2O2+. The molecule has 1 aliphatic carbocycles. The predicted octanol–water partition coefficient (Wildman–Crippen LogP) is 3.66. The zero-order valence-corrected chi connectivity index (χ0v) is 15.7. The highest BCUT2D eigenvalue weighted by Gasteiger charge is 2.60. The molecule has 130 valence electrons. The summed E-state index contributed by atoms with van der Waals surface area (Å²) >= 11 is 3.58. The van der Waals surface area contributed by atoms with Gasteiger partial charge in [-0.05, 0) is 65.0 Å². The lowest BCUT2D eigenvalue weighted by Crippen LogP contribution is -2.53. The van der Waals surface area contributed by atoms with Gasteiger partial charge in [-0.25, -0.2) is 4.79 Å². The molecule has 5 heteroatoms. The standard InChI is InChI=1S/C21H17BrN2O2/c22-17-11-5-4-10-16(17)19-20(25)26-21(15-8-2-1-3-9-15)13-14-7-6-12-18(14)23-24(19)21/h1-5,8-11,13,18H,6-7,12H2/p+1/t18-,21-/m1/s1. The maximum atomic E-state index is 13.0. The minimum atomic E-state index is -0.931. The van der Waals surface area contributed by atoms with Crippen molar-refractivity contribution in [2.75, 3.05) is 0 Å². The third kappa shape index (κ3) is 2.20. The van der Waals surface area contributed by atoms with Crippen LogP contribution in [-0.4, -0.2) is 22.4 Å². The van der Waals surface area contributed by atoms with Crippen molar-refractivity contribution in [3.8, 4) is 0 Å². The number of rotatable bonds is 2. The molecule has 2 aromatic carbocycles. The number of hydrogen-bond donors (Lipinski definition) is 1. The largest absolute Gasteiger partial charge is 0.412 e. The van der Waals surface area contributed by atoms with Gasteiger partial charge in [0.15, 0.2) is 0 Å². The summed E-state index contributed by atoms with van der Waals surface area (Å²) in [7, 11) is 0. The van der Waals surface area contributed by atoms with Crippen LogP contribution in [0.25, 0.3) is 0 Å². The quantitative estimate of drug-likeness (QED) is 0.467. The summed E-state index contributed by atoms with van der Waals surface area (Å²) in [6, 6.07) is 18.0. The number of hydrazine groups is 1. The maximum absolute atomic E-state index is 13.0. The first-order valence-electron chi connectivity index (χ1n) is 8.88. The third-order valence-corrected chi connectivity index (χ3v) is 6.08. The Hall–Kier alpha value is -2.40. The average Bonchev–Trinajstić information content (AvgIpc) is 3.22. The average molecular weight is 410 g/mol. The smallest absolute Gasteiger partial charge is 0.382 e. The fourth-order valence-electron chi connectivity index (χ4n) is 4.18. The second-order valence-electron chi connectivity index (χ2n) is 6.91. The Labute approximate surface area is 160 Å². The van der Waals surface area contributed by atoms with Crippen LogP contribution in [0.15, 0.2) is 70.7 Å². The van der Waals surface area contributed by atoms with Gasteiger partial charge in [0.05, 0.1) is 11.1 Å². The molecule has 26 heavy (non-hydrogen) atoms. The summed E-state index contributed by atoms with van der Waals surface area (Å²) in [6.07, 6.45) is 5.42. The molecule has 1 N–H and O–H groups in total. The highest BCUT2D eigenvalue weighted by Crippen LogP contribution is 2.41. The van der Waals surface area contributed by atoms with E-state index in [4.69, 9.17) is 4.74 Å². The molecule has 3 aliphatic rings.